The fourth-order valence-electron chi connectivity index (χ4n) is 2.95. The van der Waals surface area contributed by atoms with E-state index in [1.54, 1.807) is 0 Å². The molecule has 1 nitrogen and oxygen atoms in total. The smallest absolute Gasteiger partial charge is 0.0896 e. The van der Waals surface area contributed by atoms with Gasteiger partial charge in [0.1, 0.15) is 0 Å². The molecule has 0 heterocycles. The highest BCUT2D eigenvalue weighted by molar-refractivity contribution is 5.26. The zero-order valence-electron chi connectivity index (χ0n) is 11.2. The molecule has 2 rings (SSSR count). The molecule has 0 bridgehead atoms. The Labute approximate surface area is 105 Å². The Morgan fingerprint density at radius 3 is 2.12 bits per heavy atom. The monoisotopic (exact) mass is 232 g/mol. The van der Waals surface area contributed by atoms with Crippen molar-refractivity contribution in [3.8, 4) is 0 Å². The maximum absolute atomic E-state index is 10.8. The number of aliphatic hydroxyl groups is 1. The zero-order valence-corrected chi connectivity index (χ0v) is 11.2. The van der Waals surface area contributed by atoms with Gasteiger partial charge < -0.3 is 5.11 Å². The third kappa shape index (κ3) is 2.71. The van der Waals surface area contributed by atoms with Gasteiger partial charge in [-0.3, -0.25) is 0 Å². The Hall–Kier alpha value is -0.820. The van der Waals surface area contributed by atoms with Crippen LogP contribution in [0.5, 0.6) is 0 Å². The molecule has 0 radical (unpaired) electrons. The van der Waals surface area contributed by atoms with Crippen molar-refractivity contribution in [1.29, 1.82) is 0 Å². The second kappa shape index (κ2) is 4.81. The lowest BCUT2D eigenvalue weighted by Crippen LogP contribution is -2.34. The van der Waals surface area contributed by atoms with E-state index in [4.69, 9.17) is 0 Å². The van der Waals surface area contributed by atoms with Gasteiger partial charge in [-0.05, 0) is 44.1 Å². The van der Waals surface area contributed by atoms with Crippen LogP contribution in [0, 0.1) is 18.8 Å². The van der Waals surface area contributed by atoms with E-state index in [1.165, 1.54) is 18.4 Å². The summed E-state index contributed by atoms with van der Waals surface area (Å²) in [7, 11) is 0. The van der Waals surface area contributed by atoms with Crippen LogP contribution in [0.2, 0.25) is 0 Å². The highest BCUT2D eigenvalue weighted by atomic mass is 16.3. The van der Waals surface area contributed by atoms with Gasteiger partial charge in [-0.15, -0.1) is 0 Å². The first-order valence-corrected chi connectivity index (χ1v) is 6.79. The molecule has 1 aromatic carbocycles. The molecule has 0 saturated heterocycles. The second-order valence-corrected chi connectivity index (χ2v) is 5.97. The molecular formula is C16H24O. The van der Waals surface area contributed by atoms with E-state index in [2.05, 4.69) is 38.1 Å². The number of aryl methyl sites for hydroxylation is 1. The molecule has 1 aliphatic rings. The normalized spacial score (nSPS) is 28.7. The maximum atomic E-state index is 10.8. The highest BCUT2D eigenvalue weighted by Gasteiger charge is 2.35. The Morgan fingerprint density at radius 2 is 1.59 bits per heavy atom. The average Bonchev–Trinajstić information content (AvgIpc) is 2.30. The fourth-order valence-corrected chi connectivity index (χ4v) is 2.95. The molecule has 1 atom stereocenters. The molecule has 1 fully saturated rings. The van der Waals surface area contributed by atoms with Crippen LogP contribution in [-0.2, 0) is 5.60 Å². The van der Waals surface area contributed by atoms with E-state index in [9.17, 15) is 5.11 Å². The number of benzene rings is 1. The molecule has 1 saturated carbocycles. The van der Waals surface area contributed by atoms with Crippen LogP contribution in [0.3, 0.4) is 0 Å². The zero-order chi connectivity index (χ0) is 12.5. The number of hydrogen-bond acceptors (Lipinski definition) is 1. The van der Waals surface area contributed by atoms with Crippen LogP contribution < -0.4 is 0 Å². The summed E-state index contributed by atoms with van der Waals surface area (Å²) in [4.78, 5) is 0. The molecule has 0 aromatic heterocycles. The van der Waals surface area contributed by atoms with Gasteiger partial charge in [-0.1, -0.05) is 49.6 Å². The molecule has 1 aromatic rings. The summed E-state index contributed by atoms with van der Waals surface area (Å²) in [6, 6.07) is 8.34. The van der Waals surface area contributed by atoms with Gasteiger partial charge in [-0.2, -0.15) is 0 Å². The Morgan fingerprint density at radius 1 is 1.06 bits per heavy atom. The fraction of sp³-hybridized carbons (Fsp3) is 0.625. The third-order valence-electron chi connectivity index (χ3n) is 4.45. The first kappa shape index (κ1) is 12.6. The molecule has 17 heavy (non-hydrogen) atoms. The summed E-state index contributed by atoms with van der Waals surface area (Å²) in [6.45, 7) is 6.38. The summed E-state index contributed by atoms with van der Waals surface area (Å²) < 4.78 is 0. The summed E-state index contributed by atoms with van der Waals surface area (Å²) in [5.74, 6) is 1.25. The van der Waals surface area contributed by atoms with Crippen molar-refractivity contribution < 1.29 is 5.11 Å². The minimum Gasteiger partial charge on any atom is -0.385 e. The molecule has 1 unspecified atom stereocenters. The van der Waals surface area contributed by atoms with Crippen LogP contribution in [0.4, 0.5) is 0 Å². The standard InChI is InChI=1S/C16H24O/c1-12-4-8-14(9-5-12)16(3,17)15-10-6-13(2)7-11-15/h4-5,8-9,13,15,17H,6-7,10-11H2,1-3H3. The molecule has 1 N–H and O–H groups in total. The topological polar surface area (TPSA) is 20.2 Å². The Balaban J connectivity index is 2.15. The van der Waals surface area contributed by atoms with E-state index in [0.29, 0.717) is 5.92 Å². The molecule has 0 spiro atoms. The van der Waals surface area contributed by atoms with Gasteiger partial charge in [-0.25, -0.2) is 0 Å². The van der Waals surface area contributed by atoms with Crippen LogP contribution in [0.25, 0.3) is 0 Å². The van der Waals surface area contributed by atoms with Crippen LogP contribution in [0.1, 0.15) is 50.7 Å². The molecule has 94 valence electrons. The average molecular weight is 232 g/mol. The molecule has 0 aliphatic heterocycles. The minimum atomic E-state index is -0.659. The first-order chi connectivity index (χ1) is 8.00. The third-order valence-corrected chi connectivity index (χ3v) is 4.45. The largest absolute Gasteiger partial charge is 0.385 e. The van der Waals surface area contributed by atoms with Gasteiger partial charge in [0.15, 0.2) is 0 Å². The first-order valence-electron chi connectivity index (χ1n) is 6.79. The summed E-state index contributed by atoms with van der Waals surface area (Å²) in [6.07, 6.45) is 4.82. The van der Waals surface area contributed by atoms with Crippen molar-refractivity contribution in [2.24, 2.45) is 11.8 Å². The minimum absolute atomic E-state index is 0.418. The summed E-state index contributed by atoms with van der Waals surface area (Å²) >= 11 is 0. The molecule has 0 amide bonds. The lowest BCUT2D eigenvalue weighted by molar-refractivity contribution is -0.0264. The number of hydrogen-bond donors (Lipinski definition) is 1. The van der Waals surface area contributed by atoms with Crippen molar-refractivity contribution in [1.82, 2.24) is 0 Å². The Bertz CT molecular complexity index is 356. The lowest BCUT2D eigenvalue weighted by atomic mass is 9.72. The van der Waals surface area contributed by atoms with Crippen LogP contribution in [-0.4, -0.2) is 5.11 Å². The molecule has 1 aliphatic carbocycles. The van der Waals surface area contributed by atoms with Crippen molar-refractivity contribution in [3.05, 3.63) is 35.4 Å². The molecular weight excluding hydrogens is 208 g/mol. The van der Waals surface area contributed by atoms with E-state index >= 15 is 0 Å². The summed E-state index contributed by atoms with van der Waals surface area (Å²) in [5, 5.41) is 10.8. The number of rotatable bonds is 2. The molecule has 1 heteroatoms. The van der Waals surface area contributed by atoms with E-state index < -0.39 is 5.60 Å². The van der Waals surface area contributed by atoms with Gasteiger partial charge in [0, 0.05) is 0 Å². The predicted octanol–water partition coefficient (Wildman–Crippen LogP) is 4.03. The second-order valence-electron chi connectivity index (χ2n) is 5.97. The van der Waals surface area contributed by atoms with Crippen LogP contribution in [0.15, 0.2) is 24.3 Å². The van der Waals surface area contributed by atoms with Gasteiger partial charge in [0.25, 0.3) is 0 Å². The maximum Gasteiger partial charge on any atom is 0.0896 e. The van der Waals surface area contributed by atoms with Crippen molar-refractivity contribution in [2.45, 2.75) is 52.1 Å². The van der Waals surface area contributed by atoms with Crippen molar-refractivity contribution >= 4 is 0 Å². The summed E-state index contributed by atoms with van der Waals surface area (Å²) in [5.41, 5.74) is 1.66. The van der Waals surface area contributed by atoms with E-state index in [1.807, 2.05) is 6.92 Å². The highest BCUT2D eigenvalue weighted by Crippen LogP contribution is 2.40. The van der Waals surface area contributed by atoms with Crippen molar-refractivity contribution in [2.75, 3.05) is 0 Å². The van der Waals surface area contributed by atoms with E-state index in [-0.39, 0.29) is 0 Å². The van der Waals surface area contributed by atoms with Gasteiger partial charge in [0.2, 0.25) is 0 Å². The quantitative estimate of drug-likeness (QED) is 0.816. The lowest BCUT2D eigenvalue weighted by Gasteiger charge is -2.37. The van der Waals surface area contributed by atoms with Crippen molar-refractivity contribution in [3.63, 3.8) is 0 Å². The van der Waals surface area contributed by atoms with Gasteiger partial charge >= 0.3 is 0 Å². The SMILES string of the molecule is Cc1ccc(C(C)(O)C2CCC(C)CC2)cc1. The Kier molecular flexibility index (Phi) is 3.58. The predicted molar refractivity (Wildman–Crippen MR) is 71.9 cm³/mol. The van der Waals surface area contributed by atoms with Gasteiger partial charge in [0.05, 0.1) is 5.60 Å². The van der Waals surface area contributed by atoms with E-state index in [0.717, 1.165) is 24.3 Å². The van der Waals surface area contributed by atoms with Crippen LogP contribution >= 0.6 is 0 Å².